The van der Waals surface area contributed by atoms with Crippen molar-refractivity contribution in [2.75, 3.05) is 23.4 Å². The molecule has 7 heteroatoms. The number of hydrogen-bond donors (Lipinski definition) is 2. The Labute approximate surface area is 204 Å². The molecule has 0 radical (unpaired) electrons. The van der Waals surface area contributed by atoms with Gasteiger partial charge in [0.15, 0.2) is 0 Å². The van der Waals surface area contributed by atoms with Crippen LogP contribution in [-0.2, 0) is 14.3 Å². The van der Waals surface area contributed by atoms with E-state index in [1.165, 1.54) is 0 Å². The van der Waals surface area contributed by atoms with Crippen LogP contribution in [0.3, 0.4) is 0 Å². The monoisotopic (exact) mass is 472 g/mol. The molecule has 1 unspecified atom stereocenters. The first-order valence-electron chi connectivity index (χ1n) is 11.7. The van der Waals surface area contributed by atoms with Gasteiger partial charge in [-0.2, -0.15) is 0 Å². The second-order valence-corrected chi connectivity index (χ2v) is 8.56. The van der Waals surface area contributed by atoms with Crippen molar-refractivity contribution in [3.8, 4) is 16.9 Å². The summed E-state index contributed by atoms with van der Waals surface area (Å²) in [7, 11) is 0. The van der Waals surface area contributed by atoms with Crippen molar-refractivity contribution in [2.45, 2.75) is 26.2 Å². The van der Waals surface area contributed by atoms with E-state index < -0.39 is 5.92 Å². The Morgan fingerprint density at radius 1 is 1.03 bits per heavy atom. The van der Waals surface area contributed by atoms with E-state index in [0.29, 0.717) is 23.5 Å². The number of benzene rings is 3. The van der Waals surface area contributed by atoms with Gasteiger partial charge in [0.25, 0.3) is 5.91 Å². The van der Waals surface area contributed by atoms with Gasteiger partial charge < -0.3 is 20.1 Å². The van der Waals surface area contributed by atoms with Gasteiger partial charge in [0.1, 0.15) is 5.75 Å². The van der Waals surface area contributed by atoms with Gasteiger partial charge in [0, 0.05) is 29.9 Å². The molecule has 1 aliphatic heterocycles. The van der Waals surface area contributed by atoms with Crippen LogP contribution in [0.2, 0.25) is 0 Å². The third-order valence-corrected chi connectivity index (χ3v) is 5.94. The van der Waals surface area contributed by atoms with Gasteiger partial charge in [-0.05, 0) is 60.0 Å². The van der Waals surface area contributed by atoms with Crippen LogP contribution in [0.25, 0.3) is 11.1 Å². The molecule has 35 heavy (non-hydrogen) atoms. The topological polar surface area (TPSA) is 95.9 Å². The third-order valence-electron chi connectivity index (χ3n) is 5.94. The Bertz CT molecular complexity index is 1220. The van der Waals surface area contributed by atoms with E-state index in [4.69, 9.17) is 4.74 Å². The van der Waals surface area contributed by atoms with E-state index >= 15 is 0 Å². The molecule has 2 N–H and O–H groups in total. The van der Waals surface area contributed by atoms with Crippen LogP contribution in [0.1, 0.15) is 36.5 Å². The molecule has 0 bridgehead atoms. The number of nitrogens with zero attached hydrogens (tertiary/aromatic N) is 1. The summed E-state index contributed by atoms with van der Waals surface area (Å²) >= 11 is 0. The van der Waals surface area contributed by atoms with Crippen LogP contribution < -0.4 is 10.2 Å². The average molecular weight is 473 g/mol. The maximum absolute atomic E-state index is 12.9. The van der Waals surface area contributed by atoms with Crippen molar-refractivity contribution in [2.24, 2.45) is 5.92 Å². The highest BCUT2D eigenvalue weighted by molar-refractivity contribution is 6.06. The van der Waals surface area contributed by atoms with Crippen molar-refractivity contribution < 1.29 is 24.2 Å². The molecule has 1 saturated heterocycles. The molecule has 1 heterocycles. The van der Waals surface area contributed by atoms with Crippen molar-refractivity contribution in [3.63, 3.8) is 0 Å². The molecule has 3 aromatic carbocycles. The Morgan fingerprint density at radius 2 is 1.80 bits per heavy atom. The van der Waals surface area contributed by atoms with Crippen LogP contribution >= 0.6 is 0 Å². The predicted molar refractivity (Wildman–Crippen MR) is 134 cm³/mol. The summed E-state index contributed by atoms with van der Waals surface area (Å²) in [6.07, 6.45) is 1.85. The van der Waals surface area contributed by atoms with Crippen LogP contribution in [0.5, 0.6) is 5.75 Å². The van der Waals surface area contributed by atoms with E-state index in [-0.39, 0.29) is 36.5 Å². The standard InChI is InChI=1S/C28H28N2O5/c1-2-3-14-35-28(34)22-16-26(32)30(18-22)24-9-5-8-23(17-24)29-27(33)21-7-4-6-20(15-21)19-10-12-25(31)13-11-19/h4-13,15,17,22,31H,2-3,14,16,18H2,1H3,(H,29,33). The lowest BCUT2D eigenvalue weighted by Crippen LogP contribution is -2.26. The molecular weight excluding hydrogens is 444 g/mol. The van der Waals surface area contributed by atoms with Gasteiger partial charge in [0.05, 0.1) is 12.5 Å². The molecule has 0 aliphatic carbocycles. The zero-order valence-electron chi connectivity index (χ0n) is 19.6. The maximum Gasteiger partial charge on any atom is 0.311 e. The minimum absolute atomic E-state index is 0.117. The summed E-state index contributed by atoms with van der Waals surface area (Å²) in [6, 6.07) is 21.0. The number of unbranched alkanes of at least 4 members (excludes halogenated alkanes) is 1. The van der Waals surface area contributed by atoms with E-state index in [1.807, 2.05) is 13.0 Å². The number of nitrogens with one attached hydrogen (secondary N) is 1. The van der Waals surface area contributed by atoms with Crippen molar-refractivity contribution in [3.05, 3.63) is 78.4 Å². The van der Waals surface area contributed by atoms with E-state index in [0.717, 1.165) is 24.0 Å². The normalized spacial score (nSPS) is 15.2. The fraction of sp³-hybridized carbons (Fsp3) is 0.250. The van der Waals surface area contributed by atoms with E-state index in [1.54, 1.807) is 71.6 Å². The number of hydrogen-bond acceptors (Lipinski definition) is 5. The molecular formula is C28H28N2O5. The predicted octanol–water partition coefficient (Wildman–Crippen LogP) is 5.01. The number of esters is 1. The Morgan fingerprint density at radius 3 is 2.57 bits per heavy atom. The second kappa shape index (κ2) is 10.9. The lowest BCUT2D eigenvalue weighted by molar-refractivity contribution is -0.148. The number of carbonyl (C=O) groups excluding carboxylic acids is 3. The fourth-order valence-corrected chi connectivity index (χ4v) is 4.00. The molecule has 1 aliphatic rings. The summed E-state index contributed by atoms with van der Waals surface area (Å²) in [4.78, 5) is 39.4. The smallest absolute Gasteiger partial charge is 0.311 e. The first-order chi connectivity index (χ1) is 16.9. The van der Waals surface area contributed by atoms with Crippen LogP contribution in [-0.4, -0.2) is 36.0 Å². The number of phenols is 1. The zero-order chi connectivity index (χ0) is 24.8. The van der Waals surface area contributed by atoms with Gasteiger partial charge in [-0.3, -0.25) is 14.4 Å². The summed E-state index contributed by atoms with van der Waals surface area (Å²) in [5, 5.41) is 12.4. The highest BCUT2D eigenvalue weighted by Crippen LogP contribution is 2.28. The SMILES string of the molecule is CCCCOC(=O)C1CC(=O)N(c2cccc(NC(=O)c3cccc(-c4ccc(O)cc4)c3)c2)C1. The first kappa shape index (κ1) is 24.0. The van der Waals surface area contributed by atoms with Crippen LogP contribution in [0.4, 0.5) is 11.4 Å². The van der Waals surface area contributed by atoms with E-state index in [9.17, 15) is 19.5 Å². The quantitative estimate of drug-likeness (QED) is 0.355. The molecule has 2 amide bonds. The lowest BCUT2D eigenvalue weighted by atomic mass is 10.0. The van der Waals surface area contributed by atoms with Gasteiger partial charge in [0.2, 0.25) is 5.91 Å². The number of rotatable bonds is 8. The van der Waals surface area contributed by atoms with Gasteiger partial charge in [-0.25, -0.2) is 0 Å². The Kier molecular flexibility index (Phi) is 7.45. The number of phenolic OH excluding ortho intramolecular Hbond substituents is 1. The number of aromatic hydroxyl groups is 1. The number of ether oxygens (including phenoxy) is 1. The fourth-order valence-electron chi connectivity index (χ4n) is 4.00. The largest absolute Gasteiger partial charge is 0.508 e. The van der Waals surface area contributed by atoms with Crippen LogP contribution in [0, 0.1) is 5.92 Å². The highest BCUT2D eigenvalue weighted by atomic mass is 16.5. The summed E-state index contributed by atoms with van der Waals surface area (Å²) in [6.45, 7) is 2.65. The number of anilines is 2. The number of carbonyl (C=O) groups is 3. The third kappa shape index (κ3) is 5.87. The summed E-state index contributed by atoms with van der Waals surface area (Å²) in [5.41, 5.74) is 3.38. The van der Waals surface area contributed by atoms with Gasteiger partial charge in [-0.1, -0.05) is 43.7 Å². The van der Waals surface area contributed by atoms with E-state index in [2.05, 4.69) is 5.32 Å². The molecule has 180 valence electrons. The minimum Gasteiger partial charge on any atom is -0.508 e. The molecule has 3 aromatic rings. The molecule has 0 saturated carbocycles. The maximum atomic E-state index is 12.9. The highest BCUT2D eigenvalue weighted by Gasteiger charge is 2.36. The zero-order valence-corrected chi connectivity index (χ0v) is 19.6. The summed E-state index contributed by atoms with van der Waals surface area (Å²) in [5.74, 6) is -1.08. The Balaban J connectivity index is 1.44. The van der Waals surface area contributed by atoms with Gasteiger partial charge in [-0.15, -0.1) is 0 Å². The van der Waals surface area contributed by atoms with Crippen molar-refractivity contribution >= 4 is 29.2 Å². The molecule has 0 aromatic heterocycles. The van der Waals surface area contributed by atoms with Crippen LogP contribution in [0.15, 0.2) is 72.8 Å². The summed E-state index contributed by atoms with van der Waals surface area (Å²) < 4.78 is 5.28. The average Bonchev–Trinajstić information content (AvgIpc) is 3.26. The van der Waals surface area contributed by atoms with Crippen molar-refractivity contribution in [1.29, 1.82) is 0 Å². The second-order valence-electron chi connectivity index (χ2n) is 8.56. The molecule has 7 nitrogen and oxygen atoms in total. The van der Waals surface area contributed by atoms with Crippen molar-refractivity contribution in [1.82, 2.24) is 0 Å². The molecule has 0 spiro atoms. The first-order valence-corrected chi connectivity index (χ1v) is 11.7. The number of amides is 2. The lowest BCUT2D eigenvalue weighted by Gasteiger charge is -2.18. The van der Waals surface area contributed by atoms with Gasteiger partial charge >= 0.3 is 5.97 Å². The Hall–Kier alpha value is -4.13. The minimum atomic E-state index is -0.486. The molecule has 1 fully saturated rings. The molecule has 1 atom stereocenters. The molecule has 4 rings (SSSR count).